The molecule has 0 bridgehead atoms. The third-order valence-corrected chi connectivity index (χ3v) is 4.61. The second kappa shape index (κ2) is 6.72. The first-order valence-corrected chi connectivity index (χ1v) is 7.99. The maximum absolute atomic E-state index is 12.2. The van der Waals surface area contributed by atoms with Gasteiger partial charge in [-0.25, -0.2) is 0 Å². The van der Waals surface area contributed by atoms with Crippen LogP contribution in [0.2, 0.25) is 0 Å². The van der Waals surface area contributed by atoms with Gasteiger partial charge in [-0.3, -0.25) is 4.79 Å². The number of aliphatic hydroxyl groups excluding tert-OH is 1. The van der Waals surface area contributed by atoms with Gasteiger partial charge in [0, 0.05) is 4.47 Å². The van der Waals surface area contributed by atoms with Crippen molar-refractivity contribution in [1.82, 2.24) is 5.32 Å². The van der Waals surface area contributed by atoms with Crippen molar-refractivity contribution < 1.29 is 9.90 Å². The van der Waals surface area contributed by atoms with E-state index in [0.717, 1.165) is 29.3 Å². The normalized spacial score (nSPS) is 26.2. The third kappa shape index (κ3) is 4.06. The Morgan fingerprint density at radius 2 is 2.15 bits per heavy atom. The zero-order valence-corrected chi connectivity index (χ0v) is 13.4. The summed E-state index contributed by atoms with van der Waals surface area (Å²) in [5.74, 6) is 0.555. The first kappa shape index (κ1) is 15.5. The van der Waals surface area contributed by atoms with E-state index in [2.05, 4.69) is 28.2 Å². The molecule has 1 aliphatic carbocycles. The quantitative estimate of drug-likeness (QED) is 0.885. The molecular weight excluding hydrogens is 318 g/mol. The molecule has 1 aliphatic rings. The summed E-state index contributed by atoms with van der Waals surface area (Å²) in [6.45, 7) is 2.22. The molecule has 0 radical (unpaired) electrons. The molecule has 1 aromatic rings. The van der Waals surface area contributed by atoms with Gasteiger partial charge in [0.05, 0.1) is 18.6 Å². The zero-order chi connectivity index (χ0) is 14.6. The molecule has 0 saturated heterocycles. The Bertz CT molecular complexity index is 460. The van der Waals surface area contributed by atoms with E-state index in [1.54, 1.807) is 0 Å². The summed E-state index contributed by atoms with van der Waals surface area (Å²) < 4.78 is 1.01. The van der Waals surface area contributed by atoms with Crippen LogP contribution in [0.25, 0.3) is 0 Å². The first-order valence-electron chi connectivity index (χ1n) is 7.19. The lowest BCUT2D eigenvalue weighted by atomic mass is 9.76. The number of benzene rings is 1. The number of hydrogen-bond donors (Lipinski definition) is 2. The van der Waals surface area contributed by atoms with Gasteiger partial charge >= 0.3 is 0 Å². The van der Waals surface area contributed by atoms with E-state index in [1.807, 2.05) is 24.3 Å². The van der Waals surface area contributed by atoms with Crippen molar-refractivity contribution in [3.63, 3.8) is 0 Å². The maximum atomic E-state index is 12.2. The van der Waals surface area contributed by atoms with E-state index in [9.17, 15) is 9.90 Å². The molecule has 2 N–H and O–H groups in total. The van der Waals surface area contributed by atoms with E-state index in [1.165, 1.54) is 6.42 Å². The molecule has 0 heterocycles. The molecule has 0 aromatic heterocycles. The third-order valence-electron chi connectivity index (χ3n) is 4.08. The molecule has 2 rings (SSSR count). The summed E-state index contributed by atoms with van der Waals surface area (Å²) in [6, 6.07) is 7.76. The van der Waals surface area contributed by atoms with E-state index >= 15 is 0 Å². The number of amides is 1. The van der Waals surface area contributed by atoms with Gasteiger partial charge in [-0.15, -0.1) is 0 Å². The summed E-state index contributed by atoms with van der Waals surface area (Å²) in [4.78, 5) is 12.2. The highest BCUT2D eigenvalue weighted by atomic mass is 79.9. The molecule has 2 unspecified atom stereocenters. The fourth-order valence-corrected chi connectivity index (χ4v) is 3.35. The summed E-state index contributed by atoms with van der Waals surface area (Å²) in [7, 11) is 0. The zero-order valence-electron chi connectivity index (χ0n) is 11.9. The minimum Gasteiger partial charge on any atom is -0.394 e. The lowest BCUT2D eigenvalue weighted by molar-refractivity contribution is -0.123. The molecule has 1 amide bonds. The van der Waals surface area contributed by atoms with Crippen molar-refractivity contribution in [2.45, 2.75) is 44.6 Å². The summed E-state index contributed by atoms with van der Waals surface area (Å²) in [6.07, 6.45) is 4.36. The van der Waals surface area contributed by atoms with Crippen LogP contribution in [0, 0.1) is 5.92 Å². The van der Waals surface area contributed by atoms with Crippen molar-refractivity contribution in [1.29, 1.82) is 0 Å². The SMILES string of the molecule is CC1CCCC(CO)(NC(=O)Cc2ccc(Br)cc2)C1. The van der Waals surface area contributed by atoms with Crippen molar-refractivity contribution in [2.24, 2.45) is 5.92 Å². The van der Waals surface area contributed by atoms with E-state index in [4.69, 9.17) is 0 Å². The first-order chi connectivity index (χ1) is 9.53. The van der Waals surface area contributed by atoms with Gasteiger partial charge in [0.1, 0.15) is 0 Å². The Balaban J connectivity index is 1.97. The predicted molar refractivity (Wildman–Crippen MR) is 83.4 cm³/mol. The van der Waals surface area contributed by atoms with Crippen LogP contribution in [0.3, 0.4) is 0 Å². The van der Waals surface area contributed by atoms with Crippen LogP contribution in [-0.2, 0) is 11.2 Å². The van der Waals surface area contributed by atoms with E-state index in [-0.39, 0.29) is 12.5 Å². The standard InChI is InChI=1S/C16H22BrNO2/c1-12-3-2-8-16(10-12,11-19)18-15(20)9-13-4-6-14(17)7-5-13/h4-7,12,19H,2-3,8-11H2,1H3,(H,18,20). The van der Waals surface area contributed by atoms with Crippen LogP contribution >= 0.6 is 15.9 Å². The van der Waals surface area contributed by atoms with Crippen LogP contribution in [0.1, 0.15) is 38.2 Å². The number of carbonyl (C=O) groups excluding carboxylic acids is 1. The van der Waals surface area contributed by atoms with Crippen LogP contribution in [0.5, 0.6) is 0 Å². The summed E-state index contributed by atoms with van der Waals surface area (Å²) >= 11 is 3.38. The van der Waals surface area contributed by atoms with Gasteiger partial charge in [0.25, 0.3) is 0 Å². The Labute approximate surface area is 128 Å². The lowest BCUT2D eigenvalue weighted by Gasteiger charge is -2.39. The number of hydrogen-bond acceptors (Lipinski definition) is 2. The summed E-state index contributed by atoms with van der Waals surface area (Å²) in [5.41, 5.74) is 0.576. The van der Waals surface area contributed by atoms with Crippen molar-refractivity contribution in [2.75, 3.05) is 6.61 Å². The number of halogens is 1. The molecule has 0 aliphatic heterocycles. The minimum atomic E-state index is -0.413. The molecule has 1 saturated carbocycles. The number of rotatable bonds is 4. The minimum absolute atomic E-state index is 0.00419. The van der Waals surface area contributed by atoms with E-state index < -0.39 is 5.54 Å². The average molecular weight is 340 g/mol. The van der Waals surface area contributed by atoms with Gasteiger partial charge in [-0.2, -0.15) is 0 Å². The Hall–Kier alpha value is -0.870. The lowest BCUT2D eigenvalue weighted by Crippen LogP contribution is -2.54. The topological polar surface area (TPSA) is 49.3 Å². The largest absolute Gasteiger partial charge is 0.394 e. The smallest absolute Gasteiger partial charge is 0.224 e. The van der Waals surface area contributed by atoms with Crippen LogP contribution < -0.4 is 5.32 Å². The Kier molecular flexibility index (Phi) is 5.22. The molecule has 4 heteroatoms. The highest BCUT2D eigenvalue weighted by molar-refractivity contribution is 9.10. The van der Waals surface area contributed by atoms with Crippen molar-refractivity contribution >= 4 is 21.8 Å². The van der Waals surface area contributed by atoms with Crippen molar-refractivity contribution in [3.05, 3.63) is 34.3 Å². The Morgan fingerprint density at radius 1 is 1.45 bits per heavy atom. The average Bonchev–Trinajstić information content (AvgIpc) is 2.41. The second-order valence-corrected chi connectivity index (χ2v) is 6.91. The van der Waals surface area contributed by atoms with E-state index in [0.29, 0.717) is 12.3 Å². The predicted octanol–water partition coefficient (Wildman–Crippen LogP) is 3.05. The number of carbonyl (C=O) groups is 1. The second-order valence-electron chi connectivity index (χ2n) is 5.99. The van der Waals surface area contributed by atoms with Crippen LogP contribution in [-0.4, -0.2) is 23.2 Å². The summed E-state index contributed by atoms with van der Waals surface area (Å²) in [5, 5.41) is 12.8. The number of aliphatic hydroxyl groups is 1. The fourth-order valence-electron chi connectivity index (χ4n) is 3.08. The fraction of sp³-hybridized carbons (Fsp3) is 0.562. The highest BCUT2D eigenvalue weighted by Gasteiger charge is 2.35. The molecule has 1 aromatic carbocycles. The molecule has 1 fully saturated rings. The molecule has 20 heavy (non-hydrogen) atoms. The van der Waals surface area contributed by atoms with Gasteiger partial charge in [-0.1, -0.05) is 47.8 Å². The molecular formula is C16H22BrNO2. The Morgan fingerprint density at radius 3 is 2.75 bits per heavy atom. The van der Waals surface area contributed by atoms with Gasteiger partial charge in [-0.05, 0) is 36.5 Å². The van der Waals surface area contributed by atoms with Crippen molar-refractivity contribution in [3.8, 4) is 0 Å². The molecule has 2 atom stereocenters. The molecule has 3 nitrogen and oxygen atoms in total. The van der Waals surface area contributed by atoms with Gasteiger partial charge in [0.2, 0.25) is 5.91 Å². The molecule has 0 spiro atoms. The highest BCUT2D eigenvalue weighted by Crippen LogP contribution is 2.32. The van der Waals surface area contributed by atoms with Crippen LogP contribution in [0.4, 0.5) is 0 Å². The maximum Gasteiger partial charge on any atom is 0.224 e. The van der Waals surface area contributed by atoms with Gasteiger partial charge in [0.15, 0.2) is 0 Å². The molecule has 110 valence electrons. The van der Waals surface area contributed by atoms with Crippen LogP contribution in [0.15, 0.2) is 28.7 Å². The monoisotopic (exact) mass is 339 g/mol. The number of nitrogens with one attached hydrogen (secondary N) is 1. The van der Waals surface area contributed by atoms with Gasteiger partial charge < -0.3 is 10.4 Å².